The fraction of sp³-hybridized carbons (Fsp3) is 0.750. The molecule has 1 heterocycles. The molecule has 1 saturated carbocycles. The molecule has 0 atom stereocenters. The molecule has 1 aliphatic rings. The van der Waals surface area contributed by atoms with Crippen LogP contribution in [0.3, 0.4) is 0 Å². The van der Waals surface area contributed by atoms with Gasteiger partial charge in [0, 0.05) is 21.3 Å². The Labute approximate surface area is 79.7 Å². The summed E-state index contributed by atoms with van der Waals surface area (Å²) in [7, 11) is 0. The van der Waals surface area contributed by atoms with E-state index < -0.39 is 0 Å². The lowest BCUT2D eigenvalue weighted by molar-refractivity contribution is 0.365. The highest BCUT2D eigenvalue weighted by Gasteiger charge is 2.34. The van der Waals surface area contributed by atoms with Gasteiger partial charge >= 0.3 is 0 Å². The summed E-state index contributed by atoms with van der Waals surface area (Å²) in [5.74, 6) is 0.854. The zero-order chi connectivity index (χ0) is 8.60. The van der Waals surface area contributed by atoms with Crippen LogP contribution >= 0.6 is 15.9 Å². The number of rotatable bonds is 1. The quantitative estimate of drug-likeness (QED) is 0.745. The fourth-order valence-corrected chi connectivity index (χ4v) is 2.07. The lowest BCUT2D eigenvalue weighted by atomic mass is 9.88. The Bertz CT molecular complexity index is 278. The molecule has 1 aliphatic carbocycles. The van der Waals surface area contributed by atoms with Gasteiger partial charge < -0.3 is 4.52 Å². The molecule has 12 heavy (non-hydrogen) atoms. The molecule has 66 valence electrons. The van der Waals surface area contributed by atoms with Crippen LogP contribution in [0.4, 0.5) is 0 Å². The Hall–Kier alpha value is -0.380. The van der Waals surface area contributed by atoms with E-state index in [9.17, 15) is 0 Å². The average molecular weight is 231 g/mol. The molecule has 4 heteroatoms. The van der Waals surface area contributed by atoms with E-state index in [2.05, 4.69) is 33.0 Å². The summed E-state index contributed by atoms with van der Waals surface area (Å²) < 4.78 is 4.90. The minimum Gasteiger partial charge on any atom is -0.327 e. The average Bonchev–Trinajstić information content (AvgIpc) is 2.59. The van der Waals surface area contributed by atoms with Gasteiger partial charge in [-0.1, -0.05) is 24.9 Å². The number of halogens is 1. The SMILES string of the molecule is CC1(c2noc(Br)n2)CCCC1. The first-order chi connectivity index (χ1) is 5.71. The first kappa shape index (κ1) is 8.23. The van der Waals surface area contributed by atoms with Crippen molar-refractivity contribution < 1.29 is 4.52 Å². The third-order valence-electron chi connectivity index (χ3n) is 2.65. The van der Waals surface area contributed by atoms with Crippen LogP contribution < -0.4 is 0 Å². The van der Waals surface area contributed by atoms with E-state index in [1.54, 1.807) is 0 Å². The first-order valence-electron chi connectivity index (χ1n) is 4.20. The monoisotopic (exact) mass is 230 g/mol. The molecule has 0 aliphatic heterocycles. The lowest BCUT2D eigenvalue weighted by Crippen LogP contribution is -2.18. The fourth-order valence-electron chi connectivity index (χ4n) is 1.83. The van der Waals surface area contributed by atoms with E-state index in [0.29, 0.717) is 4.80 Å². The molecule has 2 rings (SSSR count). The van der Waals surface area contributed by atoms with E-state index in [1.807, 2.05) is 0 Å². The predicted octanol–water partition coefficient (Wildman–Crippen LogP) is 2.66. The molecule has 0 N–H and O–H groups in total. The van der Waals surface area contributed by atoms with E-state index in [4.69, 9.17) is 4.52 Å². The van der Waals surface area contributed by atoms with Crippen LogP contribution in [0, 0.1) is 0 Å². The summed E-state index contributed by atoms with van der Waals surface area (Å²) >= 11 is 3.16. The maximum atomic E-state index is 4.90. The smallest absolute Gasteiger partial charge is 0.293 e. The Morgan fingerprint density at radius 2 is 2.08 bits per heavy atom. The van der Waals surface area contributed by atoms with Crippen molar-refractivity contribution in [3.8, 4) is 0 Å². The maximum Gasteiger partial charge on any atom is 0.293 e. The Kier molecular flexibility index (Phi) is 1.94. The first-order valence-corrected chi connectivity index (χ1v) is 5.00. The third kappa shape index (κ3) is 1.28. The van der Waals surface area contributed by atoms with Crippen molar-refractivity contribution in [2.45, 2.75) is 38.0 Å². The van der Waals surface area contributed by atoms with Gasteiger partial charge in [0.15, 0.2) is 5.82 Å². The van der Waals surface area contributed by atoms with Gasteiger partial charge in [-0.05, 0) is 12.8 Å². The second-order valence-electron chi connectivity index (χ2n) is 3.64. The molecule has 0 saturated heterocycles. The van der Waals surface area contributed by atoms with Crippen molar-refractivity contribution >= 4 is 15.9 Å². The van der Waals surface area contributed by atoms with E-state index in [0.717, 1.165) is 5.82 Å². The summed E-state index contributed by atoms with van der Waals surface area (Å²) in [5, 5.41) is 3.94. The highest BCUT2D eigenvalue weighted by atomic mass is 79.9. The molecule has 0 aromatic carbocycles. The highest BCUT2D eigenvalue weighted by Crippen LogP contribution is 2.39. The molecular weight excluding hydrogens is 220 g/mol. The lowest BCUT2D eigenvalue weighted by Gasteiger charge is -2.17. The van der Waals surface area contributed by atoms with Crippen molar-refractivity contribution in [2.24, 2.45) is 0 Å². The van der Waals surface area contributed by atoms with Crippen LogP contribution in [0.5, 0.6) is 0 Å². The van der Waals surface area contributed by atoms with E-state index >= 15 is 0 Å². The van der Waals surface area contributed by atoms with Crippen molar-refractivity contribution in [3.63, 3.8) is 0 Å². The molecule has 0 radical (unpaired) electrons. The van der Waals surface area contributed by atoms with E-state index in [1.165, 1.54) is 25.7 Å². The minimum atomic E-state index is 0.162. The van der Waals surface area contributed by atoms with Gasteiger partial charge in [0.25, 0.3) is 4.80 Å². The largest absolute Gasteiger partial charge is 0.327 e. The summed E-state index contributed by atoms with van der Waals surface area (Å²) in [6.07, 6.45) is 4.92. The number of aromatic nitrogens is 2. The highest BCUT2D eigenvalue weighted by molar-refractivity contribution is 9.10. The second kappa shape index (κ2) is 2.83. The summed E-state index contributed by atoms with van der Waals surface area (Å²) in [6.45, 7) is 2.21. The molecule has 3 nitrogen and oxygen atoms in total. The zero-order valence-corrected chi connectivity index (χ0v) is 8.60. The van der Waals surface area contributed by atoms with Crippen LogP contribution in [-0.4, -0.2) is 10.1 Å². The van der Waals surface area contributed by atoms with Crippen LogP contribution in [-0.2, 0) is 5.41 Å². The van der Waals surface area contributed by atoms with Gasteiger partial charge in [-0.15, -0.1) is 0 Å². The number of hydrogen-bond donors (Lipinski definition) is 0. The Balaban J connectivity index is 2.28. The molecular formula is C8H11BrN2O. The van der Waals surface area contributed by atoms with E-state index in [-0.39, 0.29) is 5.41 Å². The standard InChI is InChI=1S/C8H11BrN2O/c1-8(4-2-3-5-8)6-10-7(9)12-11-6/h2-5H2,1H3. The van der Waals surface area contributed by atoms with Gasteiger partial charge in [0.05, 0.1) is 0 Å². The molecule has 0 amide bonds. The second-order valence-corrected chi connectivity index (χ2v) is 4.32. The summed E-state index contributed by atoms with van der Waals surface area (Å²) in [6, 6.07) is 0. The Morgan fingerprint density at radius 1 is 1.42 bits per heavy atom. The molecule has 0 bridgehead atoms. The van der Waals surface area contributed by atoms with Crippen LogP contribution in [0.15, 0.2) is 9.32 Å². The van der Waals surface area contributed by atoms with Crippen molar-refractivity contribution in [1.82, 2.24) is 10.1 Å². The maximum absolute atomic E-state index is 4.90. The van der Waals surface area contributed by atoms with Crippen LogP contribution in [0.25, 0.3) is 0 Å². The van der Waals surface area contributed by atoms with Crippen molar-refractivity contribution in [2.75, 3.05) is 0 Å². The number of nitrogens with zero attached hydrogens (tertiary/aromatic N) is 2. The topological polar surface area (TPSA) is 38.9 Å². The molecule has 1 aromatic rings. The third-order valence-corrected chi connectivity index (χ3v) is 2.97. The summed E-state index contributed by atoms with van der Waals surface area (Å²) in [4.78, 5) is 4.69. The van der Waals surface area contributed by atoms with Crippen molar-refractivity contribution in [1.29, 1.82) is 0 Å². The zero-order valence-electron chi connectivity index (χ0n) is 7.01. The van der Waals surface area contributed by atoms with Gasteiger partial charge in [0.2, 0.25) is 0 Å². The molecule has 0 spiro atoms. The van der Waals surface area contributed by atoms with Crippen molar-refractivity contribution in [3.05, 3.63) is 10.6 Å². The molecule has 1 fully saturated rings. The molecule has 0 unspecified atom stereocenters. The van der Waals surface area contributed by atoms with Gasteiger partial charge in [-0.25, -0.2) is 0 Å². The predicted molar refractivity (Wildman–Crippen MR) is 47.8 cm³/mol. The van der Waals surface area contributed by atoms with Crippen LogP contribution in [0.2, 0.25) is 0 Å². The summed E-state index contributed by atoms with van der Waals surface area (Å²) in [5.41, 5.74) is 0.162. The Morgan fingerprint density at radius 3 is 2.58 bits per heavy atom. The van der Waals surface area contributed by atoms with Gasteiger partial charge in [-0.2, -0.15) is 4.98 Å². The van der Waals surface area contributed by atoms with Gasteiger partial charge in [-0.3, -0.25) is 0 Å². The van der Waals surface area contributed by atoms with Crippen LogP contribution in [0.1, 0.15) is 38.4 Å². The minimum absolute atomic E-state index is 0.162. The van der Waals surface area contributed by atoms with Gasteiger partial charge in [0.1, 0.15) is 0 Å². The molecule has 1 aromatic heterocycles. The number of hydrogen-bond acceptors (Lipinski definition) is 3. The normalized spacial score (nSPS) is 21.5.